The van der Waals surface area contributed by atoms with Crippen molar-refractivity contribution in [2.24, 2.45) is 10.9 Å². The molecule has 9 heteroatoms. The number of ether oxygens (including phenoxy) is 1. The van der Waals surface area contributed by atoms with Gasteiger partial charge in [-0.25, -0.2) is 9.98 Å². The van der Waals surface area contributed by atoms with Gasteiger partial charge < -0.3 is 15.0 Å². The highest BCUT2D eigenvalue weighted by Gasteiger charge is 2.30. The highest BCUT2D eigenvalue weighted by atomic mass is 19.4. The van der Waals surface area contributed by atoms with Gasteiger partial charge in [0.25, 0.3) is 0 Å². The fourth-order valence-corrected chi connectivity index (χ4v) is 2.54. The molecular weight excluding hydrogens is 361 g/mol. The van der Waals surface area contributed by atoms with Crippen molar-refractivity contribution in [2.45, 2.75) is 46.2 Å². The second-order valence-corrected chi connectivity index (χ2v) is 6.53. The van der Waals surface area contributed by atoms with E-state index in [0.29, 0.717) is 5.69 Å². The summed E-state index contributed by atoms with van der Waals surface area (Å²) in [6.07, 6.45) is -1.66. The fourth-order valence-electron chi connectivity index (χ4n) is 2.54. The zero-order valence-corrected chi connectivity index (χ0v) is 15.6. The number of aromatic nitrogens is 1. The minimum Gasteiger partial charge on any atom is -0.468 e. The van der Waals surface area contributed by atoms with Crippen molar-refractivity contribution in [1.29, 1.82) is 0 Å². The predicted octanol–water partition coefficient (Wildman–Crippen LogP) is 3.43. The van der Waals surface area contributed by atoms with Crippen molar-refractivity contribution < 1.29 is 22.7 Å². The number of alkyl halides is 3. The Kier molecular flexibility index (Phi) is 6.45. The zero-order chi connectivity index (χ0) is 20.2. The van der Waals surface area contributed by atoms with Gasteiger partial charge in [-0.05, 0) is 26.0 Å². The molecule has 2 heterocycles. The molecule has 0 saturated heterocycles. The zero-order valence-electron chi connectivity index (χ0n) is 15.6. The summed E-state index contributed by atoms with van der Waals surface area (Å²) in [6.45, 7) is 5.85. The number of halogens is 3. The van der Waals surface area contributed by atoms with E-state index in [4.69, 9.17) is 4.74 Å². The number of carbonyl (C=O) groups is 1. The van der Waals surface area contributed by atoms with Gasteiger partial charge in [0.05, 0.1) is 11.7 Å². The molecule has 1 aromatic rings. The van der Waals surface area contributed by atoms with Gasteiger partial charge in [0.1, 0.15) is 0 Å². The lowest BCUT2D eigenvalue weighted by Crippen LogP contribution is -2.49. The Labute approximate surface area is 156 Å². The van der Waals surface area contributed by atoms with Gasteiger partial charge in [-0.2, -0.15) is 13.2 Å². The lowest BCUT2D eigenvalue weighted by Gasteiger charge is -2.38. The molecule has 0 fully saturated rings. The third kappa shape index (κ3) is 5.70. The third-order valence-corrected chi connectivity index (χ3v) is 3.98. The molecule has 1 N–H and O–H groups in total. The van der Waals surface area contributed by atoms with Crippen molar-refractivity contribution in [1.82, 2.24) is 15.2 Å². The number of hydrogen-bond donors (Lipinski definition) is 1. The van der Waals surface area contributed by atoms with Crippen molar-refractivity contribution >= 4 is 12.1 Å². The quantitative estimate of drug-likeness (QED) is 0.816. The van der Waals surface area contributed by atoms with E-state index in [2.05, 4.69) is 15.3 Å². The third-order valence-electron chi connectivity index (χ3n) is 3.98. The number of pyridine rings is 1. The van der Waals surface area contributed by atoms with Crippen LogP contribution in [0.3, 0.4) is 0 Å². The molecule has 27 heavy (non-hydrogen) atoms. The average Bonchev–Trinajstić information content (AvgIpc) is 2.59. The number of hydrogen-bond acceptors (Lipinski definition) is 5. The molecule has 2 rings (SSSR count). The first-order valence-corrected chi connectivity index (χ1v) is 8.54. The van der Waals surface area contributed by atoms with E-state index in [1.54, 1.807) is 38.3 Å². The Bertz CT molecular complexity index is 732. The van der Waals surface area contributed by atoms with Crippen LogP contribution in [-0.4, -0.2) is 41.1 Å². The maximum Gasteiger partial charge on any atom is 0.422 e. The van der Waals surface area contributed by atoms with Gasteiger partial charge in [0.2, 0.25) is 11.8 Å². The first-order chi connectivity index (χ1) is 12.6. The molecule has 2 unspecified atom stereocenters. The van der Waals surface area contributed by atoms with E-state index in [1.807, 2.05) is 18.7 Å². The second kappa shape index (κ2) is 8.41. The summed E-state index contributed by atoms with van der Waals surface area (Å²) in [5.74, 6) is -0.471. The van der Waals surface area contributed by atoms with E-state index in [-0.39, 0.29) is 23.7 Å². The Morgan fingerprint density at radius 3 is 2.67 bits per heavy atom. The Hall–Kier alpha value is -2.58. The number of allylic oxidation sites excluding steroid dienone is 2. The van der Waals surface area contributed by atoms with Crippen LogP contribution in [0.15, 0.2) is 35.0 Å². The molecule has 1 aliphatic rings. The van der Waals surface area contributed by atoms with Crippen LogP contribution in [0.1, 0.15) is 39.4 Å². The normalized spacial score (nSPS) is 18.3. The fraction of sp³-hybridized carbons (Fsp3) is 0.500. The monoisotopic (exact) mass is 384 g/mol. The number of amides is 1. The number of nitrogens with one attached hydrogen (secondary N) is 1. The maximum atomic E-state index is 12.4. The number of nitrogens with zero attached hydrogens (tertiary/aromatic N) is 3. The standard InChI is InChI=1S/C18H23F3N4O2/c1-11(2)16(26)24-17-22-9-8-12(3)25(17)13(4)14-6-5-7-15(23-14)27-10-18(19,20)21/h5-9,11,13,17H,10H2,1-4H3,(H,24,26). The van der Waals surface area contributed by atoms with Gasteiger partial charge in [0, 0.05) is 23.9 Å². The highest BCUT2D eigenvalue weighted by Crippen LogP contribution is 2.28. The van der Waals surface area contributed by atoms with E-state index in [1.165, 1.54) is 6.07 Å². The lowest BCUT2D eigenvalue weighted by molar-refractivity contribution is -0.154. The Morgan fingerprint density at radius 2 is 2.04 bits per heavy atom. The topological polar surface area (TPSA) is 66.8 Å². The van der Waals surface area contributed by atoms with Gasteiger partial charge in [-0.1, -0.05) is 19.9 Å². The van der Waals surface area contributed by atoms with Crippen LogP contribution in [0.2, 0.25) is 0 Å². The first-order valence-electron chi connectivity index (χ1n) is 8.54. The van der Waals surface area contributed by atoms with Crippen LogP contribution < -0.4 is 10.1 Å². The number of carbonyl (C=O) groups excluding carboxylic acids is 1. The van der Waals surface area contributed by atoms with Gasteiger partial charge >= 0.3 is 6.18 Å². The van der Waals surface area contributed by atoms with Gasteiger partial charge in [0.15, 0.2) is 12.9 Å². The molecule has 2 atom stereocenters. The number of aliphatic imine (C=N–C) groups is 1. The summed E-state index contributed by atoms with van der Waals surface area (Å²) in [7, 11) is 0. The average molecular weight is 384 g/mol. The van der Waals surface area contributed by atoms with E-state index in [0.717, 1.165) is 5.70 Å². The minimum absolute atomic E-state index is 0.110. The molecule has 0 saturated carbocycles. The molecule has 0 spiro atoms. The lowest BCUT2D eigenvalue weighted by atomic mass is 10.1. The SMILES string of the molecule is CC1=CC=NC(NC(=O)C(C)C)N1C(C)c1cccc(OCC(F)(F)F)n1. The minimum atomic E-state index is -4.43. The van der Waals surface area contributed by atoms with Crippen LogP contribution in [0.4, 0.5) is 13.2 Å². The van der Waals surface area contributed by atoms with Crippen molar-refractivity contribution in [3.8, 4) is 5.88 Å². The smallest absolute Gasteiger partial charge is 0.422 e. The van der Waals surface area contributed by atoms with Crippen LogP contribution >= 0.6 is 0 Å². The highest BCUT2D eigenvalue weighted by molar-refractivity contribution is 5.79. The Balaban J connectivity index is 2.20. The predicted molar refractivity (Wildman–Crippen MR) is 95.1 cm³/mol. The summed E-state index contributed by atoms with van der Waals surface area (Å²) in [5, 5.41) is 2.85. The first kappa shape index (κ1) is 20.7. The summed E-state index contributed by atoms with van der Waals surface area (Å²) >= 11 is 0. The Morgan fingerprint density at radius 1 is 1.33 bits per heavy atom. The van der Waals surface area contributed by atoms with Crippen molar-refractivity contribution in [2.75, 3.05) is 6.61 Å². The van der Waals surface area contributed by atoms with Crippen molar-refractivity contribution in [3.63, 3.8) is 0 Å². The molecule has 148 valence electrons. The molecule has 1 amide bonds. The second-order valence-electron chi connectivity index (χ2n) is 6.53. The van der Waals surface area contributed by atoms with E-state index >= 15 is 0 Å². The molecule has 6 nitrogen and oxygen atoms in total. The van der Waals surface area contributed by atoms with Gasteiger partial charge in [-0.15, -0.1) is 0 Å². The van der Waals surface area contributed by atoms with E-state index in [9.17, 15) is 18.0 Å². The molecular formula is C18H23F3N4O2. The van der Waals surface area contributed by atoms with Crippen LogP contribution in [0.5, 0.6) is 5.88 Å². The van der Waals surface area contributed by atoms with E-state index < -0.39 is 19.1 Å². The largest absolute Gasteiger partial charge is 0.468 e. The molecule has 0 aliphatic carbocycles. The van der Waals surface area contributed by atoms with Crippen LogP contribution in [0, 0.1) is 5.92 Å². The summed E-state index contributed by atoms with van der Waals surface area (Å²) < 4.78 is 41.8. The molecule has 1 aromatic heterocycles. The summed E-state index contributed by atoms with van der Waals surface area (Å²) in [6, 6.07) is 4.29. The maximum absolute atomic E-state index is 12.4. The molecule has 0 aromatic carbocycles. The molecule has 0 bridgehead atoms. The molecule has 1 aliphatic heterocycles. The van der Waals surface area contributed by atoms with Crippen LogP contribution in [0.25, 0.3) is 0 Å². The van der Waals surface area contributed by atoms with Crippen LogP contribution in [-0.2, 0) is 4.79 Å². The molecule has 0 radical (unpaired) electrons. The summed E-state index contributed by atoms with van der Waals surface area (Å²) in [5.41, 5.74) is 1.35. The van der Waals surface area contributed by atoms with Crippen molar-refractivity contribution in [3.05, 3.63) is 35.7 Å². The van der Waals surface area contributed by atoms with Gasteiger partial charge in [-0.3, -0.25) is 4.79 Å². The number of rotatable bonds is 6. The summed E-state index contributed by atoms with van der Waals surface area (Å²) in [4.78, 5) is 22.4.